The lowest BCUT2D eigenvalue weighted by molar-refractivity contribution is 0.148. The molecule has 1 aliphatic heterocycles. The fourth-order valence-electron chi connectivity index (χ4n) is 2.82. The summed E-state index contributed by atoms with van der Waals surface area (Å²) in [6.07, 6.45) is 7.69. The van der Waals surface area contributed by atoms with Crippen LogP contribution in [0.15, 0.2) is 49.8 Å². The lowest BCUT2D eigenvalue weighted by Gasteiger charge is -2.36. The Morgan fingerprint density at radius 3 is 2.38 bits per heavy atom. The maximum atomic E-state index is 4.14. The van der Waals surface area contributed by atoms with Gasteiger partial charge in [0.15, 0.2) is 0 Å². The SMILES string of the molecule is C=CCN(CC=C)C(CN1CCNCC1)c1ccncc1. The van der Waals surface area contributed by atoms with Gasteiger partial charge in [0.2, 0.25) is 0 Å². The van der Waals surface area contributed by atoms with Gasteiger partial charge in [-0.05, 0) is 17.7 Å². The Balaban J connectivity index is 2.15. The molecule has 0 radical (unpaired) electrons. The molecule has 1 unspecified atom stereocenters. The van der Waals surface area contributed by atoms with Gasteiger partial charge in [0, 0.05) is 64.2 Å². The monoisotopic (exact) mass is 286 g/mol. The van der Waals surface area contributed by atoms with Crippen LogP contribution in [0.1, 0.15) is 11.6 Å². The van der Waals surface area contributed by atoms with E-state index in [1.807, 2.05) is 24.5 Å². The molecule has 2 rings (SSSR count). The molecule has 0 saturated carbocycles. The highest BCUT2D eigenvalue weighted by Gasteiger charge is 2.22. The number of nitrogens with one attached hydrogen (secondary N) is 1. The van der Waals surface area contributed by atoms with E-state index < -0.39 is 0 Å². The van der Waals surface area contributed by atoms with Crippen molar-refractivity contribution in [3.63, 3.8) is 0 Å². The van der Waals surface area contributed by atoms with Crippen LogP contribution in [0.2, 0.25) is 0 Å². The molecule has 114 valence electrons. The highest BCUT2D eigenvalue weighted by Crippen LogP contribution is 2.21. The normalized spacial score (nSPS) is 17.6. The molecule has 1 aromatic rings. The Morgan fingerprint density at radius 1 is 1.19 bits per heavy atom. The number of aromatic nitrogens is 1. The first kappa shape index (κ1) is 15.9. The fraction of sp³-hybridized carbons (Fsp3) is 0.471. The second kappa shape index (κ2) is 8.72. The van der Waals surface area contributed by atoms with E-state index >= 15 is 0 Å². The molecule has 1 aliphatic rings. The molecular weight excluding hydrogens is 260 g/mol. The summed E-state index contributed by atoms with van der Waals surface area (Å²) in [6.45, 7) is 14.9. The minimum Gasteiger partial charge on any atom is -0.314 e. The summed E-state index contributed by atoms with van der Waals surface area (Å²) in [6, 6.07) is 4.58. The molecule has 1 atom stereocenters. The van der Waals surface area contributed by atoms with E-state index in [9.17, 15) is 0 Å². The van der Waals surface area contributed by atoms with Crippen LogP contribution < -0.4 is 5.32 Å². The first-order valence-corrected chi connectivity index (χ1v) is 7.64. The Labute approximate surface area is 128 Å². The van der Waals surface area contributed by atoms with Gasteiger partial charge >= 0.3 is 0 Å². The van der Waals surface area contributed by atoms with Gasteiger partial charge in [-0.1, -0.05) is 12.2 Å². The van der Waals surface area contributed by atoms with E-state index in [0.29, 0.717) is 6.04 Å². The quantitative estimate of drug-likeness (QED) is 0.737. The van der Waals surface area contributed by atoms with Crippen LogP contribution in [0.25, 0.3) is 0 Å². The standard InChI is InChI=1S/C17H26N4/c1-3-11-21(12-4-2)17(16-5-7-18-8-6-16)15-20-13-9-19-10-14-20/h3-8,17,19H,1-2,9-15H2. The van der Waals surface area contributed by atoms with E-state index in [0.717, 1.165) is 45.8 Å². The van der Waals surface area contributed by atoms with Gasteiger partial charge in [0.1, 0.15) is 0 Å². The van der Waals surface area contributed by atoms with Crippen molar-refractivity contribution >= 4 is 0 Å². The van der Waals surface area contributed by atoms with Crippen molar-refractivity contribution in [2.45, 2.75) is 6.04 Å². The van der Waals surface area contributed by atoms with E-state index in [4.69, 9.17) is 0 Å². The molecule has 4 heteroatoms. The topological polar surface area (TPSA) is 31.4 Å². The van der Waals surface area contributed by atoms with Crippen LogP contribution >= 0.6 is 0 Å². The van der Waals surface area contributed by atoms with Crippen molar-refractivity contribution < 1.29 is 0 Å². The zero-order chi connectivity index (χ0) is 14.9. The van der Waals surface area contributed by atoms with Gasteiger partial charge in [-0.25, -0.2) is 0 Å². The first-order chi connectivity index (χ1) is 10.3. The number of nitrogens with zero attached hydrogens (tertiary/aromatic N) is 3. The van der Waals surface area contributed by atoms with E-state index in [1.165, 1.54) is 5.56 Å². The first-order valence-electron chi connectivity index (χ1n) is 7.64. The highest BCUT2D eigenvalue weighted by atomic mass is 15.2. The average Bonchev–Trinajstić information content (AvgIpc) is 2.54. The van der Waals surface area contributed by atoms with Gasteiger partial charge < -0.3 is 5.32 Å². The molecule has 2 heterocycles. The third kappa shape index (κ3) is 4.77. The van der Waals surface area contributed by atoms with Crippen molar-refractivity contribution in [3.05, 3.63) is 55.4 Å². The van der Waals surface area contributed by atoms with Crippen molar-refractivity contribution in [3.8, 4) is 0 Å². The molecule has 0 spiro atoms. The number of pyridine rings is 1. The molecule has 0 aromatic carbocycles. The second-order valence-corrected chi connectivity index (χ2v) is 5.38. The average molecular weight is 286 g/mol. The van der Waals surface area contributed by atoms with Gasteiger partial charge in [-0.2, -0.15) is 0 Å². The molecular formula is C17H26N4. The van der Waals surface area contributed by atoms with Crippen LogP contribution in [0.4, 0.5) is 0 Å². The van der Waals surface area contributed by atoms with E-state index in [-0.39, 0.29) is 0 Å². The van der Waals surface area contributed by atoms with Crippen LogP contribution in [0, 0.1) is 0 Å². The Kier molecular flexibility index (Phi) is 6.60. The summed E-state index contributed by atoms with van der Waals surface area (Å²) in [5.74, 6) is 0. The molecule has 1 fully saturated rings. The maximum absolute atomic E-state index is 4.14. The molecule has 0 bridgehead atoms. The van der Waals surface area contributed by atoms with Crippen molar-refractivity contribution in [2.24, 2.45) is 0 Å². The smallest absolute Gasteiger partial charge is 0.0482 e. The Morgan fingerprint density at radius 2 is 1.81 bits per heavy atom. The summed E-state index contributed by atoms with van der Waals surface area (Å²) in [5, 5.41) is 3.41. The lowest BCUT2D eigenvalue weighted by atomic mass is 10.1. The molecule has 4 nitrogen and oxygen atoms in total. The summed E-state index contributed by atoms with van der Waals surface area (Å²) >= 11 is 0. The third-order valence-electron chi connectivity index (χ3n) is 3.90. The number of piperazine rings is 1. The lowest BCUT2D eigenvalue weighted by Crippen LogP contribution is -2.47. The van der Waals surface area contributed by atoms with E-state index in [2.05, 4.69) is 45.4 Å². The molecule has 1 N–H and O–H groups in total. The molecule has 21 heavy (non-hydrogen) atoms. The predicted molar refractivity (Wildman–Crippen MR) is 88.3 cm³/mol. The number of rotatable bonds is 8. The Bertz CT molecular complexity index is 416. The van der Waals surface area contributed by atoms with Crippen LogP contribution in [-0.2, 0) is 0 Å². The van der Waals surface area contributed by atoms with Crippen LogP contribution in [-0.4, -0.2) is 60.6 Å². The zero-order valence-corrected chi connectivity index (χ0v) is 12.7. The van der Waals surface area contributed by atoms with Gasteiger partial charge in [-0.3, -0.25) is 14.8 Å². The molecule has 0 amide bonds. The van der Waals surface area contributed by atoms with Crippen molar-refractivity contribution in [1.82, 2.24) is 20.1 Å². The summed E-state index contributed by atoms with van der Waals surface area (Å²) < 4.78 is 0. The molecule has 1 saturated heterocycles. The number of hydrogen-bond acceptors (Lipinski definition) is 4. The number of hydrogen-bond donors (Lipinski definition) is 1. The second-order valence-electron chi connectivity index (χ2n) is 5.38. The highest BCUT2D eigenvalue weighted by molar-refractivity contribution is 5.16. The van der Waals surface area contributed by atoms with Crippen molar-refractivity contribution in [2.75, 3.05) is 45.8 Å². The zero-order valence-electron chi connectivity index (χ0n) is 12.7. The van der Waals surface area contributed by atoms with Crippen LogP contribution in [0.3, 0.4) is 0 Å². The fourth-order valence-corrected chi connectivity index (χ4v) is 2.82. The van der Waals surface area contributed by atoms with Gasteiger partial charge in [0.25, 0.3) is 0 Å². The largest absolute Gasteiger partial charge is 0.314 e. The van der Waals surface area contributed by atoms with Gasteiger partial charge in [0.05, 0.1) is 0 Å². The molecule has 1 aromatic heterocycles. The van der Waals surface area contributed by atoms with E-state index in [1.54, 1.807) is 0 Å². The summed E-state index contributed by atoms with van der Waals surface area (Å²) in [4.78, 5) is 9.09. The summed E-state index contributed by atoms with van der Waals surface area (Å²) in [5.41, 5.74) is 1.31. The minimum absolute atomic E-state index is 0.349. The van der Waals surface area contributed by atoms with Crippen LogP contribution in [0.5, 0.6) is 0 Å². The predicted octanol–water partition coefficient (Wildman–Crippen LogP) is 1.70. The van der Waals surface area contributed by atoms with Gasteiger partial charge in [-0.15, -0.1) is 13.2 Å². The third-order valence-corrected chi connectivity index (χ3v) is 3.90. The van der Waals surface area contributed by atoms with Crippen molar-refractivity contribution in [1.29, 1.82) is 0 Å². The summed E-state index contributed by atoms with van der Waals surface area (Å²) in [7, 11) is 0. The minimum atomic E-state index is 0.349. The Hall–Kier alpha value is -1.49. The molecule has 0 aliphatic carbocycles. The maximum Gasteiger partial charge on any atom is 0.0482 e.